The highest BCUT2D eigenvalue weighted by molar-refractivity contribution is 6.00. The van der Waals surface area contributed by atoms with E-state index < -0.39 is 0 Å². The minimum Gasteiger partial charge on any atom is -0.310 e. The highest BCUT2D eigenvalue weighted by Gasteiger charge is 2.22. The van der Waals surface area contributed by atoms with Gasteiger partial charge in [0.05, 0.1) is 5.69 Å². The molecule has 0 amide bonds. The number of para-hydroxylation sites is 1. The van der Waals surface area contributed by atoms with Gasteiger partial charge in [-0.3, -0.25) is 0 Å². The highest BCUT2D eigenvalue weighted by atomic mass is 15.1. The minimum absolute atomic E-state index is 1.07. The molecular weight excluding hydrogens is 783 g/mol. The van der Waals surface area contributed by atoms with Crippen LogP contribution in [-0.2, 0) is 0 Å². The molecule has 0 aliphatic carbocycles. The van der Waals surface area contributed by atoms with Crippen LogP contribution in [0.2, 0.25) is 0 Å². The monoisotopic (exact) mass is 827 g/mol. The Morgan fingerprint density at radius 2 is 0.646 bits per heavy atom. The Bertz CT molecular complexity index is 3390. The quantitative estimate of drug-likeness (QED) is 0.133. The maximum atomic E-state index is 2.44. The van der Waals surface area contributed by atoms with Crippen LogP contribution >= 0.6 is 0 Å². The summed E-state index contributed by atoms with van der Waals surface area (Å²) in [5, 5.41) is 2.47. The maximum absolute atomic E-state index is 2.44. The molecular formula is C64H45N. The van der Waals surface area contributed by atoms with Gasteiger partial charge >= 0.3 is 0 Å². The number of hydrogen-bond donors (Lipinski definition) is 0. The van der Waals surface area contributed by atoms with Crippen LogP contribution < -0.4 is 4.90 Å². The van der Waals surface area contributed by atoms with E-state index in [0.717, 1.165) is 28.2 Å². The lowest BCUT2D eigenvalue weighted by Gasteiger charge is -2.29. The van der Waals surface area contributed by atoms with Crippen molar-refractivity contribution in [1.29, 1.82) is 0 Å². The van der Waals surface area contributed by atoms with E-state index in [1.165, 1.54) is 77.5 Å². The van der Waals surface area contributed by atoms with Gasteiger partial charge in [0.2, 0.25) is 0 Å². The molecule has 0 aliphatic rings. The second kappa shape index (κ2) is 17.7. The van der Waals surface area contributed by atoms with Gasteiger partial charge in [0.1, 0.15) is 0 Å². The topological polar surface area (TPSA) is 3.24 Å². The third-order valence-electron chi connectivity index (χ3n) is 12.5. The molecule has 0 aromatic heterocycles. The summed E-state index contributed by atoms with van der Waals surface area (Å²) in [6, 6.07) is 99.0. The Balaban J connectivity index is 1.10. The van der Waals surface area contributed by atoms with Crippen LogP contribution in [0.1, 0.15) is 0 Å². The molecule has 11 aromatic rings. The molecule has 0 saturated heterocycles. The number of nitrogens with zero attached hydrogens (tertiary/aromatic N) is 1. The molecule has 0 fully saturated rings. The van der Waals surface area contributed by atoms with E-state index in [1.807, 2.05) is 0 Å². The molecule has 65 heavy (non-hydrogen) atoms. The summed E-state index contributed by atoms with van der Waals surface area (Å²) in [6.45, 7) is 0. The summed E-state index contributed by atoms with van der Waals surface area (Å²) in [7, 11) is 0. The summed E-state index contributed by atoms with van der Waals surface area (Å²) in [5.74, 6) is 0. The van der Waals surface area contributed by atoms with E-state index in [-0.39, 0.29) is 0 Å². The fourth-order valence-electron chi connectivity index (χ4n) is 9.30. The molecule has 1 heteroatoms. The number of hydrogen-bond acceptors (Lipinski definition) is 1. The first-order valence-electron chi connectivity index (χ1n) is 22.3. The van der Waals surface area contributed by atoms with Crippen molar-refractivity contribution in [3.63, 3.8) is 0 Å². The van der Waals surface area contributed by atoms with Gasteiger partial charge in [0, 0.05) is 16.9 Å². The summed E-state index contributed by atoms with van der Waals surface area (Å²) < 4.78 is 0. The first kappa shape index (κ1) is 39.3. The second-order valence-corrected chi connectivity index (χ2v) is 16.5. The predicted molar refractivity (Wildman–Crippen MR) is 277 cm³/mol. The van der Waals surface area contributed by atoms with Crippen LogP contribution in [0.4, 0.5) is 17.1 Å². The lowest BCUT2D eigenvalue weighted by atomic mass is 9.86. The SMILES string of the molecule is c1ccc(-c2ccc(-c3ccc(N(c4cccc(-c5cccc6ccccc56)c4)c4ccccc4-c4cc(-c5ccccc5)ccc4-c4ccccc4-c4ccccc4)cc3)cc2)cc1. The Kier molecular flexibility index (Phi) is 10.7. The molecule has 0 radical (unpaired) electrons. The molecule has 1 nitrogen and oxygen atoms in total. The molecule has 0 unspecified atom stereocenters. The van der Waals surface area contributed by atoms with E-state index in [4.69, 9.17) is 0 Å². The Morgan fingerprint density at radius 1 is 0.200 bits per heavy atom. The van der Waals surface area contributed by atoms with Crippen LogP contribution in [0.5, 0.6) is 0 Å². The molecule has 0 aliphatic heterocycles. The number of benzene rings is 11. The van der Waals surface area contributed by atoms with Gasteiger partial charge in [-0.1, -0.05) is 237 Å². The van der Waals surface area contributed by atoms with Gasteiger partial charge in [0.25, 0.3) is 0 Å². The fraction of sp³-hybridized carbons (Fsp3) is 0. The van der Waals surface area contributed by atoms with Crippen LogP contribution in [0.3, 0.4) is 0 Å². The number of fused-ring (bicyclic) bond motifs is 1. The van der Waals surface area contributed by atoms with Crippen molar-refractivity contribution in [3.8, 4) is 77.9 Å². The predicted octanol–water partition coefficient (Wildman–Crippen LogP) is 18.0. The molecule has 0 atom stereocenters. The normalized spacial score (nSPS) is 11.1. The maximum Gasteiger partial charge on any atom is 0.0540 e. The average Bonchev–Trinajstić information content (AvgIpc) is 3.40. The zero-order chi connectivity index (χ0) is 43.4. The van der Waals surface area contributed by atoms with Gasteiger partial charge in [-0.15, -0.1) is 0 Å². The molecule has 11 aromatic carbocycles. The third kappa shape index (κ3) is 7.93. The highest BCUT2D eigenvalue weighted by Crippen LogP contribution is 2.47. The van der Waals surface area contributed by atoms with Crippen LogP contribution in [-0.4, -0.2) is 0 Å². The van der Waals surface area contributed by atoms with Crippen molar-refractivity contribution in [1.82, 2.24) is 0 Å². The Hall–Kier alpha value is -8.52. The van der Waals surface area contributed by atoms with Gasteiger partial charge in [0.15, 0.2) is 0 Å². The smallest absolute Gasteiger partial charge is 0.0540 e. The van der Waals surface area contributed by atoms with Gasteiger partial charge < -0.3 is 4.90 Å². The van der Waals surface area contributed by atoms with E-state index >= 15 is 0 Å². The standard InChI is InChI=1S/C64H45N/c1-4-18-46(19-5-1)48-34-36-49(37-35-48)50-38-41-55(42-39-50)65(56-27-16-26-54(44-56)59-32-17-25-52-24-10-11-28-57(52)59)64-33-15-14-31-62(64)63-45-53(47-20-6-2-7-21-47)40-43-61(63)60-30-13-12-29-58(60)51-22-8-3-9-23-51/h1-45H. The van der Waals surface area contributed by atoms with Crippen LogP contribution in [0.25, 0.3) is 88.7 Å². The van der Waals surface area contributed by atoms with Crippen molar-refractivity contribution in [2.24, 2.45) is 0 Å². The first-order valence-corrected chi connectivity index (χ1v) is 22.3. The van der Waals surface area contributed by atoms with E-state index in [1.54, 1.807) is 0 Å². The number of anilines is 3. The molecule has 0 bridgehead atoms. The molecule has 306 valence electrons. The summed E-state index contributed by atoms with van der Waals surface area (Å²) >= 11 is 0. The minimum atomic E-state index is 1.07. The molecule has 0 heterocycles. The fourth-order valence-corrected chi connectivity index (χ4v) is 9.30. The molecule has 0 saturated carbocycles. The van der Waals surface area contributed by atoms with Gasteiger partial charge in [-0.05, 0) is 119 Å². The second-order valence-electron chi connectivity index (χ2n) is 16.5. The first-order chi connectivity index (χ1) is 32.2. The van der Waals surface area contributed by atoms with Crippen molar-refractivity contribution in [2.75, 3.05) is 4.90 Å². The van der Waals surface area contributed by atoms with Crippen molar-refractivity contribution in [2.45, 2.75) is 0 Å². The van der Waals surface area contributed by atoms with E-state index in [2.05, 4.69) is 278 Å². The van der Waals surface area contributed by atoms with Gasteiger partial charge in [-0.2, -0.15) is 0 Å². The Morgan fingerprint density at radius 3 is 1.34 bits per heavy atom. The van der Waals surface area contributed by atoms with E-state index in [9.17, 15) is 0 Å². The van der Waals surface area contributed by atoms with Crippen molar-refractivity contribution in [3.05, 3.63) is 273 Å². The third-order valence-corrected chi connectivity index (χ3v) is 12.5. The van der Waals surface area contributed by atoms with E-state index in [0.29, 0.717) is 0 Å². The number of rotatable bonds is 10. The largest absolute Gasteiger partial charge is 0.310 e. The summed E-state index contributed by atoms with van der Waals surface area (Å²) in [5.41, 5.74) is 19.8. The van der Waals surface area contributed by atoms with Crippen molar-refractivity contribution < 1.29 is 0 Å². The average molecular weight is 828 g/mol. The molecule has 0 N–H and O–H groups in total. The zero-order valence-electron chi connectivity index (χ0n) is 35.9. The Labute approximate surface area is 381 Å². The van der Waals surface area contributed by atoms with Crippen LogP contribution in [0, 0.1) is 0 Å². The summed E-state index contributed by atoms with van der Waals surface area (Å²) in [6.07, 6.45) is 0. The van der Waals surface area contributed by atoms with Gasteiger partial charge in [-0.25, -0.2) is 0 Å². The molecule has 0 spiro atoms. The molecule has 11 rings (SSSR count). The zero-order valence-corrected chi connectivity index (χ0v) is 35.9. The van der Waals surface area contributed by atoms with Crippen LogP contribution in [0.15, 0.2) is 273 Å². The summed E-state index contributed by atoms with van der Waals surface area (Å²) in [4.78, 5) is 2.44. The van der Waals surface area contributed by atoms with Crippen molar-refractivity contribution >= 4 is 27.8 Å². The lowest BCUT2D eigenvalue weighted by Crippen LogP contribution is -2.11. The lowest BCUT2D eigenvalue weighted by molar-refractivity contribution is 1.28.